The van der Waals surface area contributed by atoms with Crippen LogP contribution >= 0.6 is 11.6 Å². The summed E-state index contributed by atoms with van der Waals surface area (Å²) in [7, 11) is 0. The van der Waals surface area contributed by atoms with Gasteiger partial charge in [0.05, 0.1) is 11.6 Å². The largest absolute Gasteiger partial charge is 0.471 e. The predicted octanol–water partition coefficient (Wildman–Crippen LogP) is 4.33. The maximum atomic E-state index is 9.54. The number of rotatable bonds is 8. The molecule has 27 heavy (non-hydrogen) atoms. The van der Waals surface area contributed by atoms with Gasteiger partial charge in [0.25, 0.3) is 0 Å². The van der Waals surface area contributed by atoms with Gasteiger partial charge >= 0.3 is 0 Å². The van der Waals surface area contributed by atoms with Crippen LogP contribution in [-0.4, -0.2) is 43.3 Å². The zero-order valence-corrected chi connectivity index (χ0v) is 16.1. The van der Waals surface area contributed by atoms with E-state index in [-0.39, 0.29) is 6.10 Å². The third-order valence-corrected chi connectivity index (χ3v) is 5.08. The van der Waals surface area contributed by atoms with Crippen LogP contribution in [0, 0.1) is 11.3 Å². The van der Waals surface area contributed by atoms with E-state index in [4.69, 9.17) is 21.1 Å². The highest BCUT2D eigenvalue weighted by Crippen LogP contribution is 2.25. The topological polar surface area (TPSA) is 45.5 Å². The Balaban J connectivity index is 1.46. The van der Waals surface area contributed by atoms with E-state index in [2.05, 4.69) is 35.2 Å². The molecule has 1 heterocycles. The molecule has 0 N–H and O–H groups in total. The summed E-state index contributed by atoms with van der Waals surface area (Å²) in [6, 6.07) is 20.0. The lowest BCUT2D eigenvalue weighted by molar-refractivity contribution is -0.0657. The molecule has 4 nitrogen and oxygen atoms in total. The fourth-order valence-corrected chi connectivity index (χ4v) is 3.47. The quantitative estimate of drug-likeness (QED) is 0.635. The van der Waals surface area contributed by atoms with Crippen LogP contribution in [0.5, 0.6) is 5.75 Å². The van der Waals surface area contributed by atoms with Crippen LogP contribution in [0.4, 0.5) is 0 Å². The van der Waals surface area contributed by atoms with Gasteiger partial charge in [-0.25, -0.2) is 0 Å². The highest BCUT2D eigenvalue weighted by atomic mass is 35.5. The molecule has 142 valence electrons. The van der Waals surface area contributed by atoms with E-state index in [0.717, 1.165) is 32.4 Å². The molecule has 0 aromatic heterocycles. The Hall–Kier alpha value is -2.06. The van der Waals surface area contributed by atoms with Crippen molar-refractivity contribution in [1.82, 2.24) is 4.90 Å². The number of nitrogens with zero attached hydrogens (tertiary/aromatic N) is 2. The molecule has 0 amide bonds. The zero-order valence-electron chi connectivity index (χ0n) is 15.4. The SMILES string of the molecule is N#C[C@@H](Oc1ccccc1Cl)[C@@H]1CN(CCCCc2ccccc2)CCO1. The molecule has 0 aliphatic carbocycles. The van der Waals surface area contributed by atoms with Gasteiger partial charge in [-0.1, -0.05) is 54.1 Å². The molecule has 0 spiro atoms. The number of hydrogen-bond acceptors (Lipinski definition) is 4. The van der Waals surface area contributed by atoms with Crippen molar-refractivity contribution in [2.24, 2.45) is 0 Å². The lowest BCUT2D eigenvalue weighted by Crippen LogP contribution is -2.49. The first-order chi connectivity index (χ1) is 13.3. The number of nitriles is 1. The fourth-order valence-electron chi connectivity index (χ4n) is 3.29. The summed E-state index contributed by atoms with van der Waals surface area (Å²) in [6.07, 6.45) is 2.45. The smallest absolute Gasteiger partial charge is 0.211 e. The molecule has 2 aromatic rings. The number of para-hydroxylation sites is 1. The van der Waals surface area contributed by atoms with Crippen molar-refractivity contribution in [2.45, 2.75) is 31.5 Å². The molecule has 0 saturated carbocycles. The van der Waals surface area contributed by atoms with Gasteiger partial charge in [0.15, 0.2) is 0 Å². The van der Waals surface area contributed by atoms with E-state index in [0.29, 0.717) is 23.9 Å². The summed E-state index contributed by atoms with van der Waals surface area (Å²) in [6.45, 7) is 3.23. The van der Waals surface area contributed by atoms with Gasteiger partial charge in [-0.15, -0.1) is 0 Å². The summed E-state index contributed by atoms with van der Waals surface area (Å²) >= 11 is 6.14. The van der Waals surface area contributed by atoms with E-state index in [1.54, 1.807) is 12.1 Å². The predicted molar refractivity (Wildman–Crippen MR) is 107 cm³/mol. The lowest BCUT2D eigenvalue weighted by Gasteiger charge is -2.34. The van der Waals surface area contributed by atoms with Crippen molar-refractivity contribution in [3.63, 3.8) is 0 Å². The molecule has 1 aliphatic heterocycles. The molecular formula is C22H25ClN2O2. The molecule has 2 atom stereocenters. The first kappa shape index (κ1) is 19.7. The second-order valence-electron chi connectivity index (χ2n) is 6.75. The van der Waals surface area contributed by atoms with Gasteiger partial charge in [-0.2, -0.15) is 5.26 Å². The lowest BCUT2D eigenvalue weighted by atomic mass is 10.1. The van der Waals surface area contributed by atoms with Gasteiger partial charge in [0.2, 0.25) is 6.10 Å². The molecule has 1 aliphatic rings. The first-order valence-electron chi connectivity index (χ1n) is 9.45. The number of halogens is 1. The Labute approximate surface area is 166 Å². The van der Waals surface area contributed by atoms with Crippen molar-refractivity contribution in [2.75, 3.05) is 26.2 Å². The summed E-state index contributed by atoms with van der Waals surface area (Å²) in [5, 5.41) is 10.0. The number of benzene rings is 2. The number of hydrogen-bond donors (Lipinski definition) is 0. The van der Waals surface area contributed by atoms with E-state index < -0.39 is 6.10 Å². The van der Waals surface area contributed by atoms with Crippen LogP contribution in [-0.2, 0) is 11.2 Å². The highest BCUT2D eigenvalue weighted by Gasteiger charge is 2.30. The number of aryl methyl sites for hydroxylation is 1. The van der Waals surface area contributed by atoms with Crippen molar-refractivity contribution in [3.8, 4) is 11.8 Å². The second-order valence-corrected chi connectivity index (χ2v) is 7.16. The van der Waals surface area contributed by atoms with Crippen LogP contribution < -0.4 is 4.74 Å². The van der Waals surface area contributed by atoms with E-state index in [1.165, 1.54) is 5.56 Å². The molecule has 1 saturated heterocycles. The Kier molecular flexibility index (Phi) is 7.53. The standard InChI is InChI=1S/C22H25ClN2O2/c23-19-11-4-5-12-20(19)27-21(16-24)22-17-25(14-15-26-22)13-7-6-10-18-8-2-1-3-9-18/h1-5,8-9,11-12,21-22H,6-7,10,13-15,17H2/t21-,22+/m1/s1. The Bertz CT molecular complexity index is 747. The van der Waals surface area contributed by atoms with Gasteiger partial charge in [-0.3, -0.25) is 4.90 Å². The third-order valence-electron chi connectivity index (χ3n) is 4.77. The number of morpholine rings is 1. The normalized spacial score (nSPS) is 18.6. The summed E-state index contributed by atoms with van der Waals surface area (Å²) < 4.78 is 11.6. The molecule has 0 unspecified atom stereocenters. The summed E-state index contributed by atoms with van der Waals surface area (Å²) in [4.78, 5) is 2.36. The first-order valence-corrected chi connectivity index (χ1v) is 9.83. The monoisotopic (exact) mass is 384 g/mol. The van der Waals surface area contributed by atoms with Gasteiger partial charge in [0.1, 0.15) is 17.9 Å². The van der Waals surface area contributed by atoms with Crippen LogP contribution in [0.1, 0.15) is 18.4 Å². The van der Waals surface area contributed by atoms with Gasteiger partial charge in [-0.05, 0) is 43.5 Å². The van der Waals surface area contributed by atoms with Crippen LogP contribution in [0.15, 0.2) is 54.6 Å². The molecule has 2 aromatic carbocycles. The molecular weight excluding hydrogens is 360 g/mol. The van der Waals surface area contributed by atoms with Crippen molar-refractivity contribution in [3.05, 3.63) is 65.2 Å². The minimum Gasteiger partial charge on any atom is -0.471 e. The zero-order chi connectivity index (χ0) is 18.9. The minimum absolute atomic E-state index is 0.269. The summed E-state index contributed by atoms with van der Waals surface area (Å²) in [5.41, 5.74) is 1.38. The number of ether oxygens (including phenoxy) is 2. The average molecular weight is 385 g/mol. The third kappa shape index (κ3) is 5.97. The van der Waals surface area contributed by atoms with Gasteiger partial charge in [0, 0.05) is 13.1 Å². The molecule has 1 fully saturated rings. The van der Waals surface area contributed by atoms with Crippen molar-refractivity contribution in [1.29, 1.82) is 5.26 Å². The van der Waals surface area contributed by atoms with Crippen LogP contribution in [0.2, 0.25) is 5.02 Å². The Morgan fingerprint density at radius 2 is 1.93 bits per heavy atom. The van der Waals surface area contributed by atoms with Crippen LogP contribution in [0.3, 0.4) is 0 Å². The van der Waals surface area contributed by atoms with E-state index in [9.17, 15) is 5.26 Å². The van der Waals surface area contributed by atoms with E-state index >= 15 is 0 Å². The Morgan fingerprint density at radius 3 is 2.70 bits per heavy atom. The fraction of sp³-hybridized carbons (Fsp3) is 0.409. The highest BCUT2D eigenvalue weighted by molar-refractivity contribution is 6.32. The molecule has 5 heteroatoms. The van der Waals surface area contributed by atoms with Crippen LogP contribution in [0.25, 0.3) is 0 Å². The maximum absolute atomic E-state index is 9.54. The summed E-state index contributed by atoms with van der Waals surface area (Å²) in [5.74, 6) is 0.523. The van der Waals surface area contributed by atoms with Crippen molar-refractivity contribution < 1.29 is 9.47 Å². The van der Waals surface area contributed by atoms with E-state index in [1.807, 2.05) is 18.2 Å². The number of unbranched alkanes of at least 4 members (excludes halogenated alkanes) is 1. The van der Waals surface area contributed by atoms with Gasteiger partial charge < -0.3 is 9.47 Å². The average Bonchev–Trinajstić information content (AvgIpc) is 2.72. The second kappa shape index (κ2) is 10.3. The molecule has 3 rings (SSSR count). The molecule has 0 radical (unpaired) electrons. The Morgan fingerprint density at radius 1 is 1.15 bits per heavy atom. The minimum atomic E-state index is -0.669. The van der Waals surface area contributed by atoms with Crippen molar-refractivity contribution >= 4 is 11.6 Å². The molecule has 0 bridgehead atoms. The maximum Gasteiger partial charge on any atom is 0.211 e.